The second-order valence-electron chi connectivity index (χ2n) is 3.41. The van der Waals surface area contributed by atoms with Crippen molar-refractivity contribution in [1.29, 1.82) is 0 Å². The molecular weight excluding hydrogens is 210 g/mol. The summed E-state index contributed by atoms with van der Waals surface area (Å²) in [6, 6.07) is 0. The normalized spacial score (nSPS) is 9.94. The molecule has 0 aromatic heterocycles. The Kier molecular flexibility index (Phi) is 8.52. The lowest BCUT2D eigenvalue weighted by Crippen LogP contribution is -2.32. The molecule has 16 heavy (non-hydrogen) atoms. The first-order valence-corrected chi connectivity index (χ1v) is 5.51. The summed E-state index contributed by atoms with van der Waals surface area (Å²) >= 11 is 0. The predicted molar refractivity (Wildman–Crippen MR) is 60.0 cm³/mol. The van der Waals surface area contributed by atoms with Crippen molar-refractivity contribution in [2.45, 2.75) is 26.7 Å². The minimum Gasteiger partial charge on any atom is -0.466 e. The van der Waals surface area contributed by atoms with Gasteiger partial charge in [0.05, 0.1) is 13.0 Å². The van der Waals surface area contributed by atoms with E-state index in [0.29, 0.717) is 26.3 Å². The van der Waals surface area contributed by atoms with Crippen molar-refractivity contribution in [1.82, 2.24) is 4.90 Å². The molecule has 5 nitrogen and oxygen atoms in total. The van der Waals surface area contributed by atoms with Crippen LogP contribution >= 0.6 is 0 Å². The average Bonchev–Trinajstić information content (AvgIpc) is 2.23. The van der Waals surface area contributed by atoms with Crippen LogP contribution in [0.25, 0.3) is 0 Å². The summed E-state index contributed by atoms with van der Waals surface area (Å²) in [5, 5.41) is 0. The Labute approximate surface area is 96.7 Å². The third kappa shape index (κ3) is 7.23. The van der Waals surface area contributed by atoms with Gasteiger partial charge in [-0.15, -0.1) is 0 Å². The van der Waals surface area contributed by atoms with Crippen molar-refractivity contribution in [2.75, 3.05) is 33.4 Å². The van der Waals surface area contributed by atoms with Crippen LogP contribution < -0.4 is 0 Å². The molecule has 0 aliphatic heterocycles. The lowest BCUT2D eigenvalue weighted by Gasteiger charge is -2.20. The highest BCUT2D eigenvalue weighted by molar-refractivity contribution is 5.74. The lowest BCUT2D eigenvalue weighted by molar-refractivity contribution is -0.144. The summed E-state index contributed by atoms with van der Waals surface area (Å²) in [6.45, 7) is 5.28. The Morgan fingerprint density at radius 1 is 1.25 bits per heavy atom. The highest BCUT2D eigenvalue weighted by atomic mass is 16.5. The fourth-order valence-corrected chi connectivity index (χ4v) is 1.29. The Balaban J connectivity index is 3.85. The molecule has 0 bridgehead atoms. The van der Waals surface area contributed by atoms with Gasteiger partial charge in [-0.05, 0) is 13.3 Å². The molecule has 0 heterocycles. The SMILES string of the molecule is CCOC(=O)CCN(CCCOC)C(C)=O. The Bertz CT molecular complexity index is 218. The second kappa shape index (κ2) is 9.15. The van der Waals surface area contributed by atoms with Gasteiger partial charge >= 0.3 is 5.97 Å². The average molecular weight is 231 g/mol. The van der Waals surface area contributed by atoms with Crippen LogP contribution in [-0.4, -0.2) is 50.2 Å². The molecule has 94 valence electrons. The molecule has 0 saturated carbocycles. The molecule has 0 saturated heterocycles. The monoisotopic (exact) mass is 231 g/mol. The molecule has 0 spiro atoms. The van der Waals surface area contributed by atoms with Gasteiger partial charge < -0.3 is 14.4 Å². The number of hydrogen-bond donors (Lipinski definition) is 0. The number of carbonyl (C=O) groups excluding carboxylic acids is 2. The number of rotatable bonds is 8. The van der Waals surface area contributed by atoms with Crippen LogP contribution in [0.3, 0.4) is 0 Å². The van der Waals surface area contributed by atoms with Gasteiger partial charge in [-0.3, -0.25) is 9.59 Å². The van der Waals surface area contributed by atoms with E-state index >= 15 is 0 Å². The maximum atomic E-state index is 11.2. The maximum absolute atomic E-state index is 11.2. The maximum Gasteiger partial charge on any atom is 0.307 e. The van der Waals surface area contributed by atoms with Gasteiger partial charge in [0, 0.05) is 33.7 Å². The number of esters is 1. The van der Waals surface area contributed by atoms with Crippen LogP contribution in [0.15, 0.2) is 0 Å². The molecule has 0 fully saturated rings. The van der Waals surface area contributed by atoms with Crippen LogP contribution in [0.2, 0.25) is 0 Å². The molecule has 0 unspecified atom stereocenters. The third-order valence-corrected chi connectivity index (χ3v) is 2.11. The van der Waals surface area contributed by atoms with E-state index in [1.165, 1.54) is 6.92 Å². The fourth-order valence-electron chi connectivity index (χ4n) is 1.29. The molecule has 0 aromatic rings. The van der Waals surface area contributed by atoms with Crippen molar-refractivity contribution in [2.24, 2.45) is 0 Å². The molecule has 0 aromatic carbocycles. The zero-order valence-corrected chi connectivity index (χ0v) is 10.3. The number of methoxy groups -OCH3 is 1. The summed E-state index contributed by atoms with van der Waals surface area (Å²) in [5.41, 5.74) is 0. The van der Waals surface area contributed by atoms with E-state index < -0.39 is 0 Å². The minimum atomic E-state index is -0.263. The van der Waals surface area contributed by atoms with Crippen LogP contribution in [0, 0.1) is 0 Å². The van der Waals surface area contributed by atoms with E-state index in [-0.39, 0.29) is 18.3 Å². The first-order chi connectivity index (χ1) is 7.61. The van der Waals surface area contributed by atoms with Crippen LogP contribution in [0.4, 0.5) is 0 Å². The number of carbonyl (C=O) groups is 2. The van der Waals surface area contributed by atoms with Crippen molar-refractivity contribution in [3.63, 3.8) is 0 Å². The van der Waals surface area contributed by atoms with Gasteiger partial charge in [0.1, 0.15) is 0 Å². The van der Waals surface area contributed by atoms with Crippen molar-refractivity contribution < 1.29 is 19.1 Å². The molecule has 0 aliphatic rings. The van der Waals surface area contributed by atoms with Gasteiger partial charge in [0.15, 0.2) is 0 Å². The molecule has 1 amide bonds. The van der Waals surface area contributed by atoms with E-state index in [1.807, 2.05) is 0 Å². The first-order valence-electron chi connectivity index (χ1n) is 5.51. The highest BCUT2D eigenvalue weighted by Gasteiger charge is 2.10. The van der Waals surface area contributed by atoms with Crippen molar-refractivity contribution in [3.05, 3.63) is 0 Å². The van der Waals surface area contributed by atoms with Crippen molar-refractivity contribution in [3.8, 4) is 0 Å². The highest BCUT2D eigenvalue weighted by Crippen LogP contribution is 1.97. The summed E-state index contributed by atoms with van der Waals surface area (Å²) < 4.78 is 9.70. The van der Waals surface area contributed by atoms with Crippen LogP contribution in [-0.2, 0) is 19.1 Å². The molecule has 0 N–H and O–H groups in total. The van der Waals surface area contributed by atoms with E-state index in [4.69, 9.17) is 9.47 Å². The predicted octanol–water partition coefficient (Wildman–Crippen LogP) is 0.825. The zero-order chi connectivity index (χ0) is 12.4. The van der Waals surface area contributed by atoms with Crippen LogP contribution in [0.1, 0.15) is 26.7 Å². The molecule has 0 radical (unpaired) electrons. The van der Waals surface area contributed by atoms with Gasteiger partial charge in [0.2, 0.25) is 5.91 Å². The van der Waals surface area contributed by atoms with Crippen molar-refractivity contribution >= 4 is 11.9 Å². The van der Waals surface area contributed by atoms with Crippen LogP contribution in [0.5, 0.6) is 0 Å². The number of ether oxygens (including phenoxy) is 2. The van der Waals surface area contributed by atoms with E-state index in [9.17, 15) is 9.59 Å². The van der Waals surface area contributed by atoms with E-state index in [1.54, 1.807) is 18.9 Å². The Morgan fingerprint density at radius 2 is 1.94 bits per heavy atom. The number of nitrogens with zero attached hydrogens (tertiary/aromatic N) is 1. The smallest absolute Gasteiger partial charge is 0.307 e. The first kappa shape index (κ1) is 14.9. The number of hydrogen-bond acceptors (Lipinski definition) is 4. The molecule has 0 rings (SSSR count). The fraction of sp³-hybridized carbons (Fsp3) is 0.818. The molecular formula is C11H21NO4. The van der Waals surface area contributed by atoms with Gasteiger partial charge in [-0.2, -0.15) is 0 Å². The van der Waals surface area contributed by atoms with Gasteiger partial charge in [0.25, 0.3) is 0 Å². The molecule has 5 heteroatoms. The zero-order valence-electron chi connectivity index (χ0n) is 10.3. The largest absolute Gasteiger partial charge is 0.466 e. The standard InChI is InChI=1S/C11H21NO4/c1-4-16-11(14)6-8-12(10(2)13)7-5-9-15-3/h4-9H2,1-3H3. The molecule has 0 aliphatic carbocycles. The van der Waals surface area contributed by atoms with Gasteiger partial charge in [-0.25, -0.2) is 0 Å². The summed E-state index contributed by atoms with van der Waals surface area (Å²) in [7, 11) is 1.62. The number of amides is 1. The van der Waals surface area contributed by atoms with Gasteiger partial charge in [-0.1, -0.05) is 0 Å². The van der Waals surface area contributed by atoms with E-state index in [0.717, 1.165) is 6.42 Å². The second-order valence-corrected chi connectivity index (χ2v) is 3.41. The Hall–Kier alpha value is -1.10. The minimum absolute atomic E-state index is 0.0274. The summed E-state index contributed by atoms with van der Waals surface area (Å²) in [6.07, 6.45) is 1.03. The van der Waals surface area contributed by atoms with E-state index in [2.05, 4.69) is 0 Å². The summed E-state index contributed by atoms with van der Waals surface area (Å²) in [4.78, 5) is 24.0. The third-order valence-electron chi connectivity index (χ3n) is 2.11. The quantitative estimate of drug-likeness (QED) is 0.458. The lowest BCUT2D eigenvalue weighted by atomic mass is 10.3. The summed E-state index contributed by atoms with van der Waals surface area (Å²) in [5.74, 6) is -0.291. The topological polar surface area (TPSA) is 55.8 Å². The Morgan fingerprint density at radius 3 is 2.44 bits per heavy atom. The molecule has 0 atom stereocenters.